The Morgan fingerprint density at radius 3 is 2.95 bits per heavy atom. The highest BCUT2D eigenvalue weighted by molar-refractivity contribution is 7.87. The third kappa shape index (κ3) is 5.00. The van der Waals surface area contributed by atoms with Crippen molar-refractivity contribution in [2.45, 2.75) is 51.7 Å². The predicted molar refractivity (Wildman–Crippen MR) is 85.4 cm³/mol. The molecule has 0 radical (unpaired) electrons. The zero-order valence-electron chi connectivity index (χ0n) is 12.6. The van der Waals surface area contributed by atoms with Gasteiger partial charge in [0.25, 0.3) is 10.2 Å². The van der Waals surface area contributed by atoms with Gasteiger partial charge in [-0.25, -0.2) is 4.98 Å². The Morgan fingerprint density at radius 1 is 1.48 bits per heavy atom. The summed E-state index contributed by atoms with van der Waals surface area (Å²) in [6.45, 7) is 5.70. The van der Waals surface area contributed by atoms with Gasteiger partial charge in [-0.1, -0.05) is 20.3 Å². The fourth-order valence-corrected chi connectivity index (χ4v) is 4.44. The second kappa shape index (κ2) is 7.64. The van der Waals surface area contributed by atoms with Crippen molar-refractivity contribution in [3.63, 3.8) is 0 Å². The van der Waals surface area contributed by atoms with E-state index in [1.165, 1.54) is 11.3 Å². The van der Waals surface area contributed by atoms with Crippen molar-refractivity contribution in [2.75, 3.05) is 13.1 Å². The van der Waals surface area contributed by atoms with Crippen molar-refractivity contribution in [1.29, 1.82) is 0 Å². The SMILES string of the molecule is CC(C)NCC1CCCCN1S(=O)(=O)NCc1cscn1. The number of rotatable bonds is 7. The first-order valence-electron chi connectivity index (χ1n) is 7.36. The Kier molecular flexibility index (Phi) is 6.12. The largest absolute Gasteiger partial charge is 0.313 e. The van der Waals surface area contributed by atoms with E-state index < -0.39 is 10.2 Å². The van der Waals surface area contributed by atoms with Gasteiger partial charge in [-0.2, -0.15) is 17.4 Å². The van der Waals surface area contributed by atoms with Gasteiger partial charge in [-0.05, 0) is 12.8 Å². The molecule has 0 amide bonds. The zero-order valence-corrected chi connectivity index (χ0v) is 14.2. The van der Waals surface area contributed by atoms with Crippen LogP contribution in [-0.4, -0.2) is 42.9 Å². The molecule has 1 unspecified atom stereocenters. The van der Waals surface area contributed by atoms with Gasteiger partial charge in [0.1, 0.15) is 0 Å². The Balaban J connectivity index is 1.97. The van der Waals surface area contributed by atoms with E-state index in [0.717, 1.165) is 25.0 Å². The molecule has 8 heteroatoms. The summed E-state index contributed by atoms with van der Waals surface area (Å²) in [5.41, 5.74) is 2.47. The van der Waals surface area contributed by atoms with Crippen LogP contribution >= 0.6 is 11.3 Å². The van der Waals surface area contributed by atoms with Crippen molar-refractivity contribution in [3.8, 4) is 0 Å². The highest BCUT2D eigenvalue weighted by Crippen LogP contribution is 2.19. The molecular formula is C13H24N4O2S2. The first kappa shape index (κ1) is 16.8. The average Bonchev–Trinajstić information content (AvgIpc) is 2.97. The standard InChI is InChI=1S/C13H24N4O2S2/c1-11(2)14-8-13-5-3-4-6-17(13)21(18,19)16-7-12-9-20-10-15-12/h9-11,13-14,16H,3-8H2,1-2H3. The van der Waals surface area contributed by atoms with Crippen LogP contribution in [0.2, 0.25) is 0 Å². The summed E-state index contributed by atoms with van der Waals surface area (Å²) >= 11 is 1.47. The van der Waals surface area contributed by atoms with E-state index in [1.54, 1.807) is 9.82 Å². The Hall–Kier alpha value is -0.540. The molecule has 1 fully saturated rings. The van der Waals surface area contributed by atoms with Gasteiger partial charge in [0.05, 0.1) is 17.7 Å². The number of nitrogens with zero attached hydrogens (tertiary/aromatic N) is 2. The smallest absolute Gasteiger partial charge is 0.280 e. The fourth-order valence-electron chi connectivity index (χ4n) is 2.44. The minimum absolute atomic E-state index is 0.0362. The molecular weight excluding hydrogens is 308 g/mol. The number of thiazole rings is 1. The van der Waals surface area contributed by atoms with Crippen LogP contribution in [0.3, 0.4) is 0 Å². The molecule has 0 aliphatic carbocycles. The molecule has 21 heavy (non-hydrogen) atoms. The van der Waals surface area contributed by atoms with E-state index in [0.29, 0.717) is 19.1 Å². The maximum absolute atomic E-state index is 12.5. The summed E-state index contributed by atoms with van der Waals surface area (Å²) in [5.74, 6) is 0. The van der Waals surface area contributed by atoms with Gasteiger partial charge in [0.2, 0.25) is 0 Å². The molecule has 1 aromatic heterocycles. The van der Waals surface area contributed by atoms with Crippen molar-refractivity contribution in [2.24, 2.45) is 0 Å². The number of piperidine rings is 1. The second-order valence-electron chi connectivity index (χ2n) is 5.63. The third-order valence-electron chi connectivity index (χ3n) is 3.56. The van der Waals surface area contributed by atoms with Crippen molar-refractivity contribution in [3.05, 3.63) is 16.6 Å². The monoisotopic (exact) mass is 332 g/mol. The average molecular weight is 332 g/mol. The van der Waals surface area contributed by atoms with Crippen LogP contribution in [-0.2, 0) is 16.8 Å². The Labute approximate surface area is 131 Å². The molecule has 6 nitrogen and oxygen atoms in total. The molecule has 120 valence electrons. The van der Waals surface area contributed by atoms with Gasteiger partial charge in [0, 0.05) is 30.6 Å². The molecule has 1 aliphatic heterocycles. The van der Waals surface area contributed by atoms with Gasteiger partial charge in [-0.15, -0.1) is 11.3 Å². The normalized spacial score (nSPS) is 21.0. The van der Waals surface area contributed by atoms with Crippen LogP contribution in [0.25, 0.3) is 0 Å². The maximum Gasteiger partial charge on any atom is 0.280 e. The van der Waals surface area contributed by atoms with Gasteiger partial charge >= 0.3 is 0 Å². The Morgan fingerprint density at radius 2 is 2.29 bits per heavy atom. The van der Waals surface area contributed by atoms with Crippen LogP contribution in [0.15, 0.2) is 10.9 Å². The summed E-state index contributed by atoms with van der Waals surface area (Å²) in [7, 11) is -3.45. The lowest BCUT2D eigenvalue weighted by Crippen LogP contribution is -2.52. The van der Waals surface area contributed by atoms with Crippen molar-refractivity contribution in [1.82, 2.24) is 19.3 Å². The molecule has 1 aliphatic rings. The number of hydrogen-bond donors (Lipinski definition) is 2. The maximum atomic E-state index is 12.5. The van der Waals surface area contributed by atoms with Crippen molar-refractivity contribution < 1.29 is 8.42 Å². The first-order valence-corrected chi connectivity index (χ1v) is 9.74. The summed E-state index contributed by atoms with van der Waals surface area (Å²) < 4.78 is 29.3. The molecule has 1 aromatic rings. The highest BCUT2D eigenvalue weighted by Gasteiger charge is 2.31. The first-order chi connectivity index (χ1) is 9.99. The summed E-state index contributed by atoms with van der Waals surface area (Å²) in [4.78, 5) is 4.10. The highest BCUT2D eigenvalue weighted by atomic mass is 32.2. The van der Waals surface area contributed by atoms with E-state index in [2.05, 4.69) is 28.9 Å². The number of aromatic nitrogens is 1. The van der Waals surface area contributed by atoms with E-state index in [-0.39, 0.29) is 12.6 Å². The van der Waals surface area contributed by atoms with Gasteiger partial charge in [-0.3, -0.25) is 0 Å². The second-order valence-corrected chi connectivity index (χ2v) is 8.06. The van der Waals surface area contributed by atoms with E-state index in [9.17, 15) is 8.42 Å². The topological polar surface area (TPSA) is 74.3 Å². The fraction of sp³-hybridized carbons (Fsp3) is 0.769. The lowest BCUT2D eigenvalue weighted by atomic mass is 10.0. The molecule has 1 atom stereocenters. The molecule has 0 saturated carbocycles. The van der Waals surface area contributed by atoms with E-state index in [4.69, 9.17) is 0 Å². The summed E-state index contributed by atoms with van der Waals surface area (Å²) in [5, 5.41) is 5.20. The molecule has 2 heterocycles. The minimum atomic E-state index is -3.45. The van der Waals surface area contributed by atoms with Gasteiger partial charge in [0.15, 0.2) is 0 Å². The number of nitrogens with one attached hydrogen (secondary N) is 2. The van der Waals surface area contributed by atoms with Crippen LogP contribution in [0, 0.1) is 0 Å². The molecule has 0 bridgehead atoms. The van der Waals surface area contributed by atoms with Crippen LogP contribution in [0.4, 0.5) is 0 Å². The van der Waals surface area contributed by atoms with Crippen LogP contribution < -0.4 is 10.0 Å². The zero-order chi connectivity index (χ0) is 15.3. The molecule has 1 saturated heterocycles. The predicted octanol–water partition coefficient (Wildman–Crippen LogP) is 1.33. The molecule has 2 N–H and O–H groups in total. The summed E-state index contributed by atoms with van der Waals surface area (Å²) in [6, 6.07) is 0.397. The van der Waals surface area contributed by atoms with Crippen LogP contribution in [0.5, 0.6) is 0 Å². The van der Waals surface area contributed by atoms with Crippen LogP contribution in [0.1, 0.15) is 38.8 Å². The lowest BCUT2D eigenvalue weighted by Gasteiger charge is -2.35. The lowest BCUT2D eigenvalue weighted by molar-refractivity contribution is 0.239. The Bertz CT molecular complexity index is 516. The van der Waals surface area contributed by atoms with Crippen molar-refractivity contribution >= 4 is 21.5 Å². The third-order valence-corrected chi connectivity index (χ3v) is 5.81. The van der Waals surface area contributed by atoms with E-state index in [1.807, 2.05) is 5.38 Å². The molecule has 2 rings (SSSR count). The van der Waals surface area contributed by atoms with Gasteiger partial charge < -0.3 is 5.32 Å². The summed E-state index contributed by atoms with van der Waals surface area (Å²) in [6.07, 6.45) is 2.93. The van der Waals surface area contributed by atoms with E-state index >= 15 is 0 Å². The number of hydrogen-bond acceptors (Lipinski definition) is 5. The molecule has 0 aromatic carbocycles. The minimum Gasteiger partial charge on any atom is -0.313 e. The quantitative estimate of drug-likeness (QED) is 0.790. The molecule has 0 spiro atoms.